The number of aromatic nitrogens is 1. The van der Waals surface area contributed by atoms with E-state index in [2.05, 4.69) is 29.9 Å². The van der Waals surface area contributed by atoms with Gasteiger partial charge >= 0.3 is 0 Å². The van der Waals surface area contributed by atoms with Crippen LogP contribution >= 0.6 is 0 Å². The minimum Gasteiger partial charge on any atom is -0.353 e. The molecule has 2 rings (SSSR count). The molecule has 1 heteroatoms. The van der Waals surface area contributed by atoms with E-state index in [0.29, 0.717) is 0 Å². The van der Waals surface area contributed by atoms with Crippen molar-refractivity contribution in [3.05, 3.63) is 48.7 Å². The molecule has 1 heterocycles. The van der Waals surface area contributed by atoms with Crippen molar-refractivity contribution < 1.29 is 0 Å². The van der Waals surface area contributed by atoms with Gasteiger partial charge in [0.2, 0.25) is 0 Å². The molecule has 1 nitrogen and oxygen atoms in total. The van der Waals surface area contributed by atoms with E-state index in [1.54, 1.807) is 0 Å². The number of hydrogen-bond acceptors (Lipinski definition) is 0. The predicted molar refractivity (Wildman–Crippen MR) is 51.0 cm³/mol. The van der Waals surface area contributed by atoms with E-state index in [4.69, 9.17) is 0 Å². The third kappa shape index (κ3) is 1.03. The van der Waals surface area contributed by atoms with Crippen molar-refractivity contribution in [1.29, 1.82) is 0 Å². The van der Waals surface area contributed by atoms with E-state index < -0.39 is 0 Å². The van der Waals surface area contributed by atoms with Gasteiger partial charge < -0.3 is 4.98 Å². The minimum absolute atomic E-state index is 0.879. The second kappa shape index (κ2) is 2.86. The summed E-state index contributed by atoms with van der Waals surface area (Å²) >= 11 is 0. The van der Waals surface area contributed by atoms with Gasteiger partial charge in [-0.3, -0.25) is 0 Å². The van der Waals surface area contributed by atoms with Gasteiger partial charge in [0, 0.05) is 10.9 Å². The Hall–Kier alpha value is -1.50. The smallest absolute Gasteiger partial charge is 0.0669 e. The molecule has 59 valence electrons. The fourth-order valence-corrected chi connectivity index (χ4v) is 1.37. The summed E-state index contributed by atoms with van der Waals surface area (Å²) in [5, 5.41) is 1.25. The number of allylic oxidation sites excluding steroid dienone is 1. The summed E-state index contributed by atoms with van der Waals surface area (Å²) in [6.45, 7) is 3.71. The van der Waals surface area contributed by atoms with Crippen LogP contribution in [0.5, 0.6) is 0 Å². The maximum Gasteiger partial charge on any atom is 0.0669 e. The van der Waals surface area contributed by atoms with Crippen LogP contribution in [0.25, 0.3) is 10.9 Å². The summed E-state index contributed by atoms with van der Waals surface area (Å²) < 4.78 is 0. The molecule has 1 N–H and O–H groups in total. The largest absolute Gasteiger partial charge is 0.353 e. The first-order valence-electron chi connectivity index (χ1n) is 4.00. The Balaban J connectivity index is 2.62. The third-order valence-corrected chi connectivity index (χ3v) is 1.95. The van der Waals surface area contributed by atoms with E-state index >= 15 is 0 Å². The first-order valence-corrected chi connectivity index (χ1v) is 4.00. The lowest BCUT2D eigenvalue weighted by Gasteiger charge is -1.91. The lowest BCUT2D eigenvalue weighted by atomic mass is 10.1. The summed E-state index contributed by atoms with van der Waals surface area (Å²) in [6, 6.07) is 8.21. The normalized spacial score (nSPS) is 10.3. The Bertz CT molecular complexity index is 398. The molecule has 0 fully saturated rings. The number of H-pyrrole nitrogens is 1. The van der Waals surface area contributed by atoms with Crippen LogP contribution in [0.4, 0.5) is 0 Å². The number of para-hydroxylation sites is 1. The number of hydrogen-bond donors (Lipinski definition) is 1. The number of benzene rings is 1. The molecule has 1 radical (unpaired) electrons. The fraction of sp³-hybridized carbons (Fsp3) is 0.0909. The molecule has 0 saturated heterocycles. The molecule has 0 spiro atoms. The van der Waals surface area contributed by atoms with Crippen LogP contribution in [0.15, 0.2) is 36.9 Å². The van der Waals surface area contributed by atoms with Crippen molar-refractivity contribution in [3.8, 4) is 0 Å². The molecule has 1 aromatic carbocycles. The highest BCUT2D eigenvalue weighted by Crippen LogP contribution is 2.17. The van der Waals surface area contributed by atoms with E-state index in [1.807, 2.05) is 18.2 Å². The molecular weight excluding hydrogens is 146 g/mol. The zero-order valence-electron chi connectivity index (χ0n) is 6.80. The van der Waals surface area contributed by atoms with Gasteiger partial charge in [-0.05, 0) is 18.1 Å². The molecule has 2 aromatic rings. The Kier molecular flexibility index (Phi) is 1.71. The highest BCUT2D eigenvalue weighted by Gasteiger charge is 1.99. The van der Waals surface area contributed by atoms with Gasteiger partial charge in [-0.1, -0.05) is 24.3 Å². The van der Waals surface area contributed by atoms with Crippen LogP contribution in [0, 0.1) is 6.20 Å². The summed E-state index contributed by atoms with van der Waals surface area (Å²) in [4.78, 5) is 3.10. The zero-order valence-corrected chi connectivity index (χ0v) is 6.80. The summed E-state index contributed by atoms with van der Waals surface area (Å²) in [7, 11) is 0. The van der Waals surface area contributed by atoms with E-state index in [-0.39, 0.29) is 0 Å². The van der Waals surface area contributed by atoms with E-state index in [1.165, 1.54) is 10.9 Å². The van der Waals surface area contributed by atoms with Crippen LogP contribution in [0.1, 0.15) is 5.56 Å². The zero-order chi connectivity index (χ0) is 8.39. The Morgan fingerprint density at radius 3 is 3.08 bits per heavy atom. The van der Waals surface area contributed by atoms with Gasteiger partial charge in [-0.25, -0.2) is 0 Å². The van der Waals surface area contributed by atoms with Crippen molar-refractivity contribution in [1.82, 2.24) is 4.98 Å². The van der Waals surface area contributed by atoms with Gasteiger partial charge in [-0.2, -0.15) is 0 Å². The number of nitrogens with one attached hydrogen (secondary N) is 1. The van der Waals surface area contributed by atoms with Crippen molar-refractivity contribution in [3.63, 3.8) is 0 Å². The number of rotatable bonds is 2. The molecule has 0 bridgehead atoms. The summed E-state index contributed by atoms with van der Waals surface area (Å²) in [5.41, 5.74) is 2.34. The van der Waals surface area contributed by atoms with Gasteiger partial charge in [-0.15, -0.1) is 6.58 Å². The molecule has 12 heavy (non-hydrogen) atoms. The first kappa shape index (κ1) is 7.17. The van der Waals surface area contributed by atoms with Crippen LogP contribution in [0.2, 0.25) is 0 Å². The molecule has 0 aliphatic heterocycles. The highest BCUT2D eigenvalue weighted by molar-refractivity contribution is 5.82. The molecule has 0 aliphatic rings. The Morgan fingerprint density at radius 1 is 1.42 bits per heavy atom. The average Bonchev–Trinajstić information content (AvgIpc) is 2.50. The topological polar surface area (TPSA) is 15.8 Å². The lowest BCUT2D eigenvalue weighted by molar-refractivity contribution is 1.28. The third-order valence-electron chi connectivity index (χ3n) is 1.95. The monoisotopic (exact) mass is 156 g/mol. The van der Waals surface area contributed by atoms with Gasteiger partial charge in [0.05, 0.1) is 6.20 Å². The molecule has 0 aliphatic carbocycles. The Morgan fingerprint density at radius 2 is 2.25 bits per heavy atom. The second-order valence-corrected chi connectivity index (χ2v) is 2.77. The summed E-state index contributed by atoms with van der Waals surface area (Å²) in [5.74, 6) is 0. The quantitative estimate of drug-likeness (QED) is 0.643. The van der Waals surface area contributed by atoms with Crippen molar-refractivity contribution in [2.24, 2.45) is 0 Å². The van der Waals surface area contributed by atoms with Crippen molar-refractivity contribution in [2.45, 2.75) is 6.42 Å². The van der Waals surface area contributed by atoms with Crippen LogP contribution < -0.4 is 0 Å². The average molecular weight is 156 g/mol. The highest BCUT2D eigenvalue weighted by atomic mass is 14.7. The Labute approximate surface area is 71.7 Å². The van der Waals surface area contributed by atoms with Gasteiger partial charge in [0.15, 0.2) is 0 Å². The predicted octanol–water partition coefficient (Wildman–Crippen LogP) is 2.70. The molecule has 0 unspecified atom stereocenters. The van der Waals surface area contributed by atoms with Crippen LogP contribution in [-0.4, -0.2) is 4.98 Å². The fourth-order valence-electron chi connectivity index (χ4n) is 1.37. The maximum atomic E-state index is 3.71. The molecule has 0 saturated carbocycles. The first-order chi connectivity index (χ1) is 5.92. The van der Waals surface area contributed by atoms with E-state index in [0.717, 1.165) is 11.9 Å². The van der Waals surface area contributed by atoms with Gasteiger partial charge in [0.1, 0.15) is 0 Å². The minimum atomic E-state index is 0.879. The molecule has 0 amide bonds. The lowest BCUT2D eigenvalue weighted by Crippen LogP contribution is -1.75. The van der Waals surface area contributed by atoms with Gasteiger partial charge in [0.25, 0.3) is 0 Å². The molecular formula is C11H10N. The van der Waals surface area contributed by atoms with Crippen molar-refractivity contribution >= 4 is 10.9 Å². The maximum absolute atomic E-state index is 3.71. The molecule has 0 atom stereocenters. The van der Waals surface area contributed by atoms with Crippen LogP contribution in [-0.2, 0) is 6.42 Å². The summed E-state index contributed by atoms with van der Waals surface area (Å²) in [6.07, 6.45) is 5.89. The SMILES string of the molecule is C=CCc1[c][nH]c2ccccc12. The van der Waals surface area contributed by atoms with E-state index in [9.17, 15) is 0 Å². The van der Waals surface area contributed by atoms with Crippen LogP contribution in [0.3, 0.4) is 0 Å². The standard InChI is InChI=1S/C11H10N/c1-2-5-9-8-12-11-7-4-3-6-10(9)11/h2-4,6-7,12H,1,5H2. The second-order valence-electron chi connectivity index (χ2n) is 2.77. The van der Waals surface area contributed by atoms with Crippen molar-refractivity contribution in [2.75, 3.05) is 0 Å². The number of fused-ring (bicyclic) bond motifs is 1. The molecule has 1 aromatic heterocycles. The number of aromatic amines is 1.